The van der Waals surface area contributed by atoms with Crippen LogP contribution in [0.4, 0.5) is 39.5 Å². The van der Waals surface area contributed by atoms with Gasteiger partial charge in [-0.1, -0.05) is 67.8 Å². The third kappa shape index (κ3) is 11.8. The van der Waals surface area contributed by atoms with Gasteiger partial charge in [-0.05, 0) is 56.1 Å². The minimum Gasteiger partial charge on any atom is -1.00 e. The highest BCUT2D eigenvalue weighted by Gasteiger charge is 2.57. The van der Waals surface area contributed by atoms with Crippen molar-refractivity contribution in [2.24, 2.45) is 15.0 Å². The Labute approximate surface area is 408 Å². The molecule has 0 aromatic heterocycles. The van der Waals surface area contributed by atoms with E-state index in [1.165, 1.54) is 49.0 Å². The van der Waals surface area contributed by atoms with Crippen LogP contribution in [0.2, 0.25) is 0 Å². The van der Waals surface area contributed by atoms with Gasteiger partial charge in [-0.2, -0.15) is 39.5 Å². The van der Waals surface area contributed by atoms with Crippen molar-refractivity contribution in [3.8, 4) is 0 Å². The number of rotatable bonds is 3. The van der Waals surface area contributed by atoms with E-state index in [1.54, 1.807) is 20.8 Å². The first-order valence-corrected chi connectivity index (χ1v) is 22.0. The molecule has 0 aromatic carbocycles. The number of carbonyl (C=O) groups excluding carboxylic acids is 3. The fourth-order valence-electron chi connectivity index (χ4n) is 5.39. The number of carbonyl (C=O) groups is 3. The Hall–Kier alpha value is 1.83. The predicted molar refractivity (Wildman–Crippen MR) is 204 cm³/mol. The van der Waals surface area contributed by atoms with E-state index in [2.05, 4.69) is 82.7 Å². The lowest BCUT2D eigenvalue weighted by molar-refractivity contribution is -0.486. The maximum atomic E-state index is 12.9. The second-order valence-corrected chi connectivity index (χ2v) is 17.6. The van der Waals surface area contributed by atoms with Crippen molar-refractivity contribution in [3.05, 3.63) is 0 Å². The molecular weight excluding hydrogens is 1480 g/mol. The minimum atomic E-state index is -4.48. The Morgan fingerprint density at radius 3 is 0.889 bits per heavy atom. The predicted octanol–water partition coefficient (Wildman–Crippen LogP) is -2.30. The highest BCUT2D eigenvalue weighted by Crippen LogP contribution is 2.39. The number of hydrogen-bond acceptors (Lipinski definition) is 6. The highest BCUT2D eigenvalue weighted by atomic mass is 127. The van der Waals surface area contributed by atoms with Gasteiger partial charge in [0.25, 0.3) is 0 Å². The van der Waals surface area contributed by atoms with E-state index in [0.29, 0.717) is 30.5 Å². The maximum absolute atomic E-state index is 12.9. The smallest absolute Gasteiger partial charge is 0.449 e. The summed E-state index contributed by atoms with van der Waals surface area (Å²) in [5, 5.41) is 0.563. The number of halogens is 15. The van der Waals surface area contributed by atoms with E-state index in [9.17, 15) is 53.9 Å². The molecule has 27 heteroatoms. The normalized spacial score (nSPS) is 27.8. The van der Waals surface area contributed by atoms with Crippen LogP contribution in [0, 0.1) is 0 Å². The van der Waals surface area contributed by atoms with Gasteiger partial charge in [0, 0.05) is 45.5 Å². The van der Waals surface area contributed by atoms with Crippen LogP contribution in [0.15, 0.2) is 15.0 Å². The molecule has 9 nitrogen and oxygen atoms in total. The Bertz CT molecular complexity index is 1540. The van der Waals surface area contributed by atoms with Crippen LogP contribution in [0.3, 0.4) is 0 Å². The van der Waals surface area contributed by atoms with Gasteiger partial charge < -0.3 is 71.9 Å². The molecule has 54 heavy (non-hydrogen) atoms. The van der Waals surface area contributed by atoms with Gasteiger partial charge in [0.15, 0.2) is 17.1 Å². The number of fused-ring (bicyclic) bond motifs is 3. The van der Waals surface area contributed by atoms with Crippen LogP contribution < -0.4 is 71.9 Å². The zero-order valence-corrected chi connectivity index (χ0v) is 43.1. The minimum absolute atomic E-state index is 0. The zero-order chi connectivity index (χ0) is 38.5. The molecule has 0 bridgehead atoms. The van der Waals surface area contributed by atoms with E-state index in [1.807, 2.05) is 0 Å². The number of hydrogen-bond donors (Lipinski definition) is 0. The van der Waals surface area contributed by atoms with Crippen molar-refractivity contribution in [3.63, 3.8) is 0 Å². The van der Waals surface area contributed by atoms with Crippen molar-refractivity contribution < 1.29 is 140 Å². The second-order valence-electron chi connectivity index (χ2n) is 12.5. The fourth-order valence-corrected chi connectivity index (χ4v) is 12.2. The van der Waals surface area contributed by atoms with Crippen molar-refractivity contribution in [2.45, 2.75) is 75.2 Å². The summed E-state index contributed by atoms with van der Waals surface area (Å²) < 4.78 is 122. The van der Waals surface area contributed by atoms with Crippen LogP contribution in [0.5, 0.6) is 0 Å². The van der Waals surface area contributed by atoms with E-state index >= 15 is 0 Å². The summed E-state index contributed by atoms with van der Waals surface area (Å²) in [6.07, 6.45) is -15.4. The molecule has 0 N–H and O–H groups in total. The van der Waals surface area contributed by atoms with E-state index in [4.69, 9.17) is 0 Å². The first kappa shape index (κ1) is 53.8. The molecule has 0 aliphatic carbocycles. The molecule has 0 aromatic rings. The Balaban J connectivity index is 0.000000394. The molecule has 3 atom stereocenters. The number of amidine groups is 3. The number of nitrogens with zero attached hydrogens (tertiary/aromatic N) is 6. The summed E-state index contributed by atoms with van der Waals surface area (Å²) in [5.74, 6) is -0.596. The third-order valence-electron chi connectivity index (χ3n) is 8.00. The molecule has 0 saturated carbocycles. The topological polar surface area (TPSA) is 97.3 Å². The van der Waals surface area contributed by atoms with Gasteiger partial charge in [-0.3, -0.25) is 0 Å². The van der Waals surface area contributed by atoms with Gasteiger partial charge >= 0.3 is 51.8 Å². The van der Waals surface area contributed by atoms with Crippen LogP contribution in [-0.4, -0.2) is 130 Å². The molecule has 6 heterocycles. The second kappa shape index (κ2) is 20.1. The molecule has 6 aliphatic heterocycles. The van der Waals surface area contributed by atoms with Crippen molar-refractivity contribution in [2.75, 3.05) is 30.5 Å². The molecule has 3 amide bonds. The molecule has 6 rings (SSSR count). The number of aliphatic imine (C=N–C) groups is 3. The Morgan fingerprint density at radius 1 is 0.519 bits per heavy atom. The summed E-state index contributed by atoms with van der Waals surface area (Å²) in [5.41, 5.74) is -4.19. The molecule has 0 spiro atoms. The number of alkyl halides is 12. The van der Waals surface area contributed by atoms with Gasteiger partial charge in [-0.15, -0.1) is 0 Å². The lowest BCUT2D eigenvalue weighted by Gasteiger charge is -2.24. The van der Waals surface area contributed by atoms with Gasteiger partial charge in [0.05, 0.1) is 0 Å². The fraction of sp³-hybridized carbons (Fsp3) is 0.667. The summed E-state index contributed by atoms with van der Waals surface area (Å²) >= 11 is 9.82. The summed E-state index contributed by atoms with van der Waals surface area (Å²) in [6.45, 7) is 5.28. The van der Waals surface area contributed by atoms with Crippen LogP contribution in [-0.2, 0) is 14.4 Å². The van der Waals surface area contributed by atoms with Crippen molar-refractivity contribution in [1.29, 1.82) is 0 Å². The van der Waals surface area contributed by atoms with Crippen LogP contribution in [0.25, 0.3) is 0 Å². The number of thioether (sulfide) groups is 3. The lowest BCUT2D eigenvalue weighted by Crippen LogP contribution is -3.00. The Kier molecular flexibility index (Phi) is 20.1. The average molecular weight is 1510 g/mol. The zero-order valence-electron chi connectivity index (χ0n) is 27.7. The van der Waals surface area contributed by atoms with Gasteiger partial charge in [0.1, 0.15) is 35.9 Å². The molecule has 3 saturated heterocycles. The first-order valence-electron chi connectivity index (χ1n) is 14.4. The van der Waals surface area contributed by atoms with E-state index < -0.39 is 89.3 Å². The quantitative estimate of drug-likeness (QED) is 0.137. The molecule has 0 radical (unpaired) electrons. The molecule has 306 valence electrons. The van der Waals surface area contributed by atoms with Gasteiger partial charge in [-0.25, -0.2) is 28.1 Å². The van der Waals surface area contributed by atoms with Crippen LogP contribution >= 0.6 is 103 Å². The number of amides is 3. The van der Waals surface area contributed by atoms with Crippen molar-refractivity contribution in [1.82, 2.24) is 0 Å². The van der Waals surface area contributed by atoms with Crippen LogP contribution in [0.1, 0.15) is 40.0 Å². The first-order chi connectivity index (χ1) is 23.3. The molecular formula is C27H27F9I6N6O3S3. The highest BCUT2D eigenvalue weighted by molar-refractivity contribution is 14.1. The Morgan fingerprint density at radius 2 is 0.722 bits per heavy atom. The largest absolute Gasteiger partial charge is 1.00 e. The SMILES string of the molecule is CC1(CI)CSC2=NC(=O)CC(C(F)(F)F)=[N+]21.CC1(CI)CSC2=NC(=O)CC(C(F)(F)F)=[N+]21.CC1(CI)CSC2=NC(=O)CC(C(F)(F)F)=[N+]21.[I-].[I-].[I-]. The van der Waals surface area contributed by atoms with Crippen molar-refractivity contribution >= 4 is 153 Å². The van der Waals surface area contributed by atoms with E-state index in [-0.39, 0.29) is 87.4 Å². The third-order valence-corrected chi connectivity index (χ3v) is 16.8. The summed E-state index contributed by atoms with van der Waals surface area (Å²) in [6, 6.07) is 0. The average Bonchev–Trinajstić information content (AvgIpc) is 3.66. The van der Waals surface area contributed by atoms with E-state index in [0.717, 1.165) is 0 Å². The van der Waals surface area contributed by atoms with Gasteiger partial charge in [0.2, 0.25) is 0 Å². The molecule has 3 fully saturated rings. The maximum Gasteiger partial charge on any atom is 0.449 e. The molecule has 6 aliphatic rings. The molecule has 3 unspecified atom stereocenters. The summed E-state index contributed by atoms with van der Waals surface area (Å²) in [4.78, 5) is 44.7. The summed E-state index contributed by atoms with van der Waals surface area (Å²) in [7, 11) is 0. The lowest BCUT2D eigenvalue weighted by atomic mass is 10.1. The standard InChI is InChI=1S/3C9H9F3IN2OS.3HI/c3*1-8(3-13)4-17-7-14-6(16)2-5(15(7)8)9(10,11)12;;;/h3*2-4H2,1H3;3*1H/q3*+1;;;/p-3. The monoisotopic (exact) mass is 1510 g/mol.